The highest BCUT2D eigenvalue weighted by Crippen LogP contribution is 2.29. The van der Waals surface area contributed by atoms with E-state index < -0.39 is 23.9 Å². The lowest BCUT2D eigenvalue weighted by Crippen LogP contribution is -2.53. The van der Waals surface area contributed by atoms with Gasteiger partial charge in [-0.2, -0.15) is 0 Å². The SMILES string of the molecule is C#Cc1ccc2nc(Nc3cc(OCCNC(=O)[C@@H]4CCCCN4C(=O)OC(C)(C)C)cc(C4=CC(N)N=C4)c3)ncc2c1. The van der Waals surface area contributed by atoms with Gasteiger partial charge in [0.2, 0.25) is 11.9 Å². The molecule has 11 nitrogen and oxygen atoms in total. The van der Waals surface area contributed by atoms with Crippen molar-refractivity contribution in [3.63, 3.8) is 0 Å². The van der Waals surface area contributed by atoms with Crippen molar-refractivity contribution in [1.82, 2.24) is 20.2 Å². The topological polar surface area (TPSA) is 144 Å². The van der Waals surface area contributed by atoms with E-state index in [0.717, 1.165) is 40.4 Å². The van der Waals surface area contributed by atoms with Crippen LogP contribution in [0, 0.1) is 12.3 Å². The van der Waals surface area contributed by atoms with Crippen molar-refractivity contribution >= 4 is 46.3 Å². The Labute approximate surface area is 256 Å². The number of amides is 2. The van der Waals surface area contributed by atoms with Gasteiger partial charge in [-0.25, -0.2) is 14.8 Å². The molecule has 1 fully saturated rings. The number of carbonyl (C=O) groups excluding carboxylic acids is 2. The summed E-state index contributed by atoms with van der Waals surface area (Å²) in [5, 5.41) is 7.02. The van der Waals surface area contributed by atoms with E-state index in [9.17, 15) is 9.59 Å². The molecular weight excluding hydrogens is 558 g/mol. The summed E-state index contributed by atoms with van der Waals surface area (Å²) in [6.45, 7) is 6.39. The van der Waals surface area contributed by atoms with Gasteiger partial charge in [0.15, 0.2) is 0 Å². The molecule has 228 valence electrons. The molecule has 1 unspecified atom stereocenters. The van der Waals surface area contributed by atoms with E-state index in [2.05, 4.69) is 31.5 Å². The van der Waals surface area contributed by atoms with E-state index in [1.165, 1.54) is 4.90 Å². The van der Waals surface area contributed by atoms with Crippen LogP contribution < -0.4 is 21.1 Å². The second kappa shape index (κ2) is 13.1. The molecule has 0 radical (unpaired) electrons. The van der Waals surface area contributed by atoms with Gasteiger partial charge in [0.05, 0.1) is 12.1 Å². The first-order valence-corrected chi connectivity index (χ1v) is 14.6. The average Bonchev–Trinajstić information content (AvgIpc) is 3.44. The summed E-state index contributed by atoms with van der Waals surface area (Å²) in [7, 11) is 0. The Bertz CT molecular complexity index is 1650. The van der Waals surface area contributed by atoms with E-state index >= 15 is 0 Å². The normalized spacial score (nSPS) is 18.0. The van der Waals surface area contributed by atoms with Crippen molar-refractivity contribution in [2.75, 3.05) is 25.0 Å². The van der Waals surface area contributed by atoms with Crippen LogP contribution in [0.25, 0.3) is 16.5 Å². The molecule has 4 N–H and O–H groups in total. The second-order valence-corrected chi connectivity index (χ2v) is 11.7. The summed E-state index contributed by atoms with van der Waals surface area (Å²) in [5.41, 5.74) is 9.24. The number of likely N-dealkylation sites (tertiary alicyclic amines) is 1. The Balaban J connectivity index is 1.25. The summed E-state index contributed by atoms with van der Waals surface area (Å²) < 4.78 is 11.6. The van der Waals surface area contributed by atoms with E-state index in [4.69, 9.17) is 21.6 Å². The average molecular weight is 596 g/mol. The third-order valence-corrected chi connectivity index (χ3v) is 7.08. The lowest BCUT2D eigenvalue weighted by Gasteiger charge is -2.35. The van der Waals surface area contributed by atoms with E-state index in [-0.39, 0.29) is 19.1 Å². The van der Waals surface area contributed by atoms with Gasteiger partial charge in [0.25, 0.3) is 0 Å². The number of hydrogen-bond donors (Lipinski definition) is 3. The summed E-state index contributed by atoms with van der Waals surface area (Å²) in [6.07, 6.45) is 12.2. The van der Waals surface area contributed by atoms with Gasteiger partial charge < -0.3 is 25.8 Å². The number of nitrogens with two attached hydrogens (primary N) is 1. The highest BCUT2D eigenvalue weighted by molar-refractivity contribution is 6.12. The molecule has 11 heteroatoms. The van der Waals surface area contributed by atoms with Gasteiger partial charge in [-0.1, -0.05) is 5.92 Å². The van der Waals surface area contributed by atoms with Crippen molar-refractivity contribution in [2.24, 2.45) is 10.7 Å². The minimum atomic E-state index is -0.635. The van der Waals surface area contributed by atoms with Crippen LogP contribution in [-0.2, 0) is 9.53 Å². The monoisotopic (exact) mass is 595 g/mol. The number of rotatable bonds is 8. The lowest BCUT2D eigenvalue weighted by molar-refractivity contribution is -0.127. The van der Waals surface area contributed by atoms with Crippen LogP contribution >= 0.6 is 0 Å². The van der Waals surface area contributed by atoms with Gasteiger partial charge >= 0.3 is 6.09 Å². The Morgan fingerprint density at radius 3 is 2.77 bits per heavy atom. The second-order valence-electron chi connectivity index (χ2n) is 11.7. The first-order valence-electron chi connectivity index (χ1n) is 14.6. The number of nitrogens with zero attached hydrogens (tertiary/aromatic N) is 4. The molecule has 3 aromatic rings. The van der Waals surface area contributed by atoms with Crippen molar-refractivity contribution < 1.29 is 19.1 Å². The highest BCUT2D eigenvalue weighted by Gasteiger charge is 2.34. The Morgan fingerprint density at radius 1 is 1.18 bits per heavy atom. The van der Waals surface area contributed by atoms with E-state index in [0.29, 0.717) is 30.4 Å². The van der Waals surface area contributed by atoms with E-state index in [1.807, 2.05) is 63.2 Å². The van der Waals surface area contributed by atoms with E-state index in [1.54, 1.807) is 12.4 Å². The maximum absolute atomic E-state index is 13.1. The number of anilines is 2. The largest absolute Gasteiger partial charge is 0.492 e. The Morgan fingerprint density at radius 2 is 2.02 bits per heavy atom. The van der Waals surface area contributed by atoms with Crippen LogP contribution in [-0.4, -0.2) is 70.6 Å². The number of nitrogens with one attached hydrogen (secondary N) is 2. The number of hydrogen-bond acceptors (Lipinski definition) is 9. The van der Waals surface area contributed by atoms with Crippen LogP contribution in [0.3, 0.4) is 0 Å². The lowest BCUT2D eigenvalue weighted by atomic mass is 10.0. The van der Waals surface area contributed by atoms with Crippen LogP contribution in [0.5, 0.6) is 5.75 Å². The van der Waals surface area contributed by atoms with Crippen LogP contribution in [0.1, 0.15) is 51.2 Å². The number of fused-ring (bicyclic) bond motifs is 1. The molecule has 0 bridgehead atoms. The zero-order chi connectivity index (χ0) is 31.3. The molecule has 1 saturated heterocycles. The van der Waals surface area contributed by atoms with Crippen molar-refractivity contribution in [1.29, 1.82) is 0 Å². The number of allylic oxidation sites excluding steroid dienone is 1. The van der Waals surface area contributed by atoms with Gasteiger partial charge in [0.1, 0.15) is 30.2 Å². The fourth-order valence-corrected chi connectivity index (χ4v) is 5.05. The molecule has 0 spiro atoms. The highest BCUT2D eigenvalue weighted by atomic mass is 16.6. The smallest absolute Gasteiger partial charge is 0.410 e. The van der Waals surface area contributed by atoms with Crippen LogP contribution in [0.15, 0.2) is 53.7 Å². The summed E-state index contributed by atoms with van der Waals surface area (Å²) in [5.74, 6) is 3.38. The van der Waals surface area contributed by atoms with Crippen LogP contribution in [0.4, 0.5) is 16.4 Å². The number of benzene rings is 2. The number of carbonyl (C=O) groups is 2. The summed E-state index contributed by atoms with van der Waals surface area (Å²) >= 11 is 0. The van der Waals surface area contributed by atoms with Gasteiger partial charge in [-0.05, 0) is 87.6 Å². The molecule has 44 heavy (non-hydrogen) atoms. The summed E-state index contributed by atoms with van der Waals surface area (Å²) in [4.78, 5) is 40.6. The molecule has 1 aromatic heterocycles. The molecule has 0 saturated carbocycles. The van der Waals surface area contributed by atoms with Crippen molar-refractivity contribution in [3.05, 3.63) is 59.8 Å². The van der Waals surface area contributed by atoms with Gasteiger partial charge in [0, 0.05) is 41.7 Å². The molecule has 2 atom stereocenters. The third kappa shape index (κ3) is 7.71. The number of piperidine rings is 1. The molecule has 3 heterocycles. The molecular formula is C33H37N7O4. The zero-order valence-electron chi connectivity index (χ0n) is 25.2. The maximum atomic E-state index is 13.1. The third-order valence-electron chi connectivity index (χ3n) is 7.08. The summed E-state index contributed by atoms with van der Waals surface area (Å²) in [6, 6.07) is 10.6. The molecule has 0 aliphatic carbocycles. The Kier molecular flexibility index (Phi) is 9.11. The van der Waals surface area contributed by atoms with Gasteiger partial charge in [-0.15, -0.1) is 6.42 Å². The number of aromatic nitrogens is 2. The molecule has 2 amide bonds. The fraction of sp³-hybridized carbons (Fsp3) is 0.364. The van der Waals surface area contributed by atoms with Gasteiger partial charge in [-0.3, -0.25) is 14.7 Å². The van der Waals surface area contributed by atoms with Crippen molar-refractivity contribution in [3.8, 4) is 18.1 Å². The van der Waals surface area contributed by atoms with Crippen LogP contribution in [0.2, 0.25) is 0 Å². The Hall–Kier alpha value is -4.95. The molecule has 2 aliphatic rings. The minimum Gasteiger partial charge on any atom is -0.492 e. The predicted octanol–water partition coefficient (Wildman–Crippen LogP) is 4.39. The number of aliphatic imine (C=N–C) groups is 1. The molecule has 5 rings (SSSR count). The molecule has 2 aliphatic heterocycles. The minimum absolute atomic E-state index is 0.213. The standard InChI is InChI=1S/C33H37N7O4/c1-5-21-9-10-27-24(14-21)20-37-31(39-27)38-25-15-22(23-17-29(34)36-19-23)16-26(18-25)43-13-11-35-30(41)28-8-6-7-12-40(28)32(42)44-33(2,3)4/h1,9-10,14-20,28-29H,6-8,11-13,34H2,2-4H3,(H,35,41)(H,37,38,39)/t28-,29?/m0/s1. The van der Waals surface area contributed by atoms with Crippen molar-refractivity contribution in [2.45, 2.75) is 57.8 Å². The number of terminal acetylenes is 1. The number of ether oxygens (including phenoxy) is 2. The quantitative estimate of drug-likeness (QED) is 0.257. The first-order chi connectivity index (χ1) is 21.1. The maximum Gasteiger partial charge on any atom is 0.410 e. The fourth-order valence-electron chi connectivity index (χ4n) is 5.05. The first kappa shape index (κ1) is 30.5. The molecule has 2 aromatic carbocycles. The zero-order valence-corrected chi connectivity index (χ0v) is 25.2. The predicted molar refractivity (Wildman–Crippen MR) is 171 cm³/mol.